The Hall–Kier alpha value is -1.62. The van der Waals surface area contributed by atoms with Crippen molar-refractivity contribution in [1.29, 1.82) is 0 Å². The number of hydrogen-bond donors (Lipinski definition) is 1. The first-order valence-electron chi connectivity index (χ1n) is 5.82. The molecule has 1 saturated heterocycles. The normalized spacial score (nSPS) is 19.6. The molecule has 1 fully saturated rings. The Kier molecular flexibility index (Phi) is 3.28. The van der Waals surface area contributed by atoms with Gasteiger partial charge in [-0.2, -0.15) is 0 Å². The average Bonchev–Trinajstić information content (AvgIpc) is 2.76. The third-order valence-corrected chi connectivity index (χ3v) is 3.36. The van der Waals surface area contributed by atoms with E-state index in [1.807, 2.05) is 12.1 Å². The van der Waals surface area contributed by atoms with Crippen LogP contribution < -0.4 is 10.6 Å². The van der Waals surface area contributed by atoms with Gasteiger partial charge in [-0.15, -0.1) is 0 Å². The molecule has 1 atom stereocenters. The smallest absolute Gasteiger partial charge is 0.272 e. The van der Waals surface area contributed by atoms with Crippen LogP contribution in [0.25, 0.3) is 0 Å². The van der Waals surface area contributed by atoms with Crippen LogP contribution in [0.2, 0.25) is 0 Å². The molecule has 0 saturated carbocycles. The Labute approximate surface area is 100 Å². The van der Waals surface area contributed by atoms with Crippen LogP contribution in [0, 0.1) is 23.0 Å². The fourth-order valence-electron chi connectivity index (χ4n) is 2.30. The molecule has 5 heteroatoms. The maximum absolute atomic E-state index is 10.7. The largest absolute Gasteiger partial charge is 0.371 e. The maximum Gasteiger partial charge on any atom is 0.272 e. The van der Waals surface area contributed by atoms with E-state index in [2.05, 4.69) is 4.90 Å². The van der Waals surface area contributed by atoms with E-state index in [0.717, 1.165) is 25.2 Å². The Morgan fingerprint density at radius 3 is 2.88 bits per heavy atom. The van der Waals surface area contributed by atoms with Gasteiger partial charge >= 0.3 is 0 Å². The third kappa shape index (κ3) is 2.39. The topological polar surface area (TPSA) is 72.4 Å². The molecule has 2 N–H and O–H groups in total. The molecule has 0 aliphatic carbocycles. The van der Waals surface area contributed by atoms with Crippen molar-refractivity contribution < 1.29 is 4.92 Å². The first-order valence-corrected chi connectivity index (χ1v) is 5.82. The number of anilines is 1. The van der Waals surface area contributed by atoms with Crippen molar-refractivity contribution in [1.82, 2.24) is 0 Å². The highest BCUT2D eigenvalue weighted by Gasteiger charge is 2.22. The molecule has 1 unspecified atom stereocenters. The van der Waals surface area contributed by atoms with Crippen molar-refractivity contribution in [3.63, 3.8) is 0 Å². The van der Waals surface area contributed by atoms with Gasteiger partial charge in [0.25, 0.3) is 5.69 Å². The summed E-state index contributed by atoms with van der Waals surface area (Å²) in [5.74, 6) is 0.547. The van der Waals surface area contributed by atoms with Crippen molar-refractivity contribution in [3.05, 3.63) is 33.9 Å². The number of hydrogen-bond acceptors (Lipinski definition) is 4. The van der Waals surface area contributed by atoms with Crippen LogP contribution in [0.3, 0.4) is 0 Å². The maximum atomic E-state index is 10.7. The van der Waals surface area contributed by atoms with Crippen LogP contribution in [0.4, 0.5) is 11.4 Å². The van der Waals surface area contributed by atoms with Gasteiger partial charge in [0.05, 0.1) is 4.92 Å². The number of nitrogens with two attached hydrogens (primary N) is 1. The van der Waals surface area contributed by atoms with E-state index in [0.29, 0.717) is 18.0 Å². The first-order chi connectivity index (χ1) is 8.11. The summed E-state index contributed by atoms with van der Waals surface area (Å²) < 4.78 is 0. The molecule has 5 nitrogen and oxygen atoms in total. The molecule has 0 spiro atoms. The summed E-state index contributed by atoms with van der Waals surface area (Å²) in [6, 6.07) is 5.29. The van der Waals surface area contributed by atoms with E-state index in [9.17, 15) is 10.1 Å². The molecule has 2 rings (SSSR count). The van der Waals surface area contributed by atoms with Gasteiger partial charge in [-0.25, -0.2) is 0 Å². The molecule has 0 aromatic heterocycles. The van der Waals surface area contributed by atoms with E-state index in [1.165, 1.54) is 0 Å². The van der Waals surface area contributed by atoms with Gasteiger partial charge < -0.3 is 10.6 Å². The lowest BCUT2D eigenvalue weighted by molar-refractivity contribution is -0.385. The highest BCUT2D eigenvalue weighted by Crippen LogP contribution is 2.27. The minimum Gasteiger partial charge on any atom is -0.371 e. The number of nitro groups is 1. The minimum absolute atomic E-state index is 0.184. The Balaban J connectivity index is 2.18. The summed E-state index contributed by atoms with van der Waals surface area (Å²) in [6.07, 6.45) is 1.10. The lowest BCUT2D eigenvalue weighted by Gasteiger charge is -2.18. The van der Waals surface area contributed by atoms with Gasteiger partial charge in [0, 0.05) is 30.4 Å². The lowest BCUT2D eigenvalue weighted by Crippen LogP contribution is -2.22. The molecule has 0 radical (unpaired) electrons. The summed E-state index contributed by atoms with van der Waals surface area (Å²) in [4.78, 5) is 12.6. The van der Waals surface area contributed by atoms with Crippen molar-refractivity contribution in [2.24, 2.45) is 11.7 Å². The van der Waals surface area contributed by atoms with E-state index >= 15 is 0 Å². The van der Waals surface area contributed by atoms with Crippen molar-refractivity contribution in [2.45, 2.75) is 13.3 Å². The minimum atomic E-state index is -0.341. The van der Waals surface area contributed by atoms with Crippen LogP contribution in [0.15, 0.2) is 18.2 Å². The van der Waals surface area contributed by atoms with Crippen LogP contribution in [-0.2, 0) is 0 Å². The summed E-state index contributed by atoms with van der Waals surface area (Å²) in [5, 5.41) is 10.7. The van der Waals surface area contributed by atoms with Crippen LogP contribution in [-0.4, -0.2) is 24.6 Å². The molecule has 0 bridgehead atoms. The molecular formula is C12H17N3O2. The summed E-state index contributed by atoms with van der Waals surface area (Å²) in [6.45, 7) is 4.42. The molecule has 1 aliphatic rings. The van der Waals surface area contributed by atoms with Crippen LogP contribution in [0.5, 0.6) is 0 Å². The predicted octanol–water partition coefficient (Wildman–Crippen LogP) is 1.69. The number of aryl methyl sites for hydroxylation is 1. The van der Waals surface area contributed by atoms with Crippen molar-refractivity contribution in [2.75, 3.05) is 24.5 Å². The molecule has 1 aromatic carbocycles. The summed E-state index contributed by atoms with van der Waals surface area (Å²) in [5.41, 5.74) is 7.61. The zero-order valence-corrected chi connectivity index (χ0v) is 9.93. The fourth-order valence-corrected chi connectivity index (χ4v) is 2.30. The number of benzene rings is 1. The highest BCUT2D eigenvalue weighted by molar-refractivity contribution is 5.55. The molecule has 0 amide bonds. The highest BCUT2D eigenvalue weighted by atomic mass is 16.6. The monoisotopic (exact) mass is 235 g/mol. The zero-order valence-electron chi connectivity index (χ0n) is 9.93. The zero-order chi connectivity index (χ0) is 12.4. The Bertz CT molecular complexity index is 434. The Morgan fingerprint density at radius 2 is 2.35 bits per heavy atom. The van der Waals surface area contributed by atoms with Crippen molar-refractivity contribution in [3.8, 4) is 0 Å². The lowest BCUT2D eigenvalue weighted by atomic mass is 10.1. The standard InChI is InChI=1S/C12H17N3O2/c1-9-6-11(2-3-12(9)15(16)17)14-5-4-10(7-13)8-14/h2-3,6,10H,4-5,7-8,13H2,1H3. The van der Waals surface area contributed by atoms with Crippen LogP contribution >= 0.6 is 0 Å². The van der Waals surface area contributed by atoms with Gasteiger partial charge in [0.2, 0.25) is 0 Å². The average molecular weight is 235 g/mol. The van der Waals surface area contributed by atoms with E-state index in [-0.39, 0.29) is 10.6 Å². The summed E-state index contributed by atoms with van der Waals surface area (Å²) in [7, 11) is 0. The molecular weight excluding hydrogens is 218 g/mol. The molecule has 1 aliphatic heterocycles. The van der Waals surface area contributed by atoms with E-state index in [4.69, 9.17) is 5.73 Å². The van der Waals surface area contributed by atoms with Crippen LogP contribution in [0.1, 0.15) is 12.0 Å². The first kappa shape index (κ1) is 11.9. The second-order valence-corrected chi connectivity index (χ2v) is 4.56. The second-order valence-electron chi connectivity index (χ2n) is 4.56. The second kappa shape index (κ2) is 4.71. The van der Waals surface area contributed by atoms with E-state index in [1.54, 1.807) is 13.0 Å². The van der Waals surface area contributed by atoms with Gasteiger partial charge in [0.1, 0.15) is 0 Å². The third-order valence-electron chi connectivity index (χ3n) is 3.36. The number of rotatable bonds is 3. The van der Waals surface area contributed by atoms with Gasteiger partial charge in [-0.1, -0.05) is 0 Å². The van der Waals surface area contributed by atoms with Crippen molar-refractivity contribution >= 4 is 11.4 Å². The quantitative estimate of drug-likeness (QED) is 0.639. The van der Waals surface area contributed by atoms with Gasteiger partial charge in [-0.3, -0.25) is 10.1 Å². The fraction of sp³-hybridized carbons (Fsp3) is 0.500. The molecule has 17 heavy (non-hydrogen) atoms. The molecule has 1 aromatic rings. The SMILES string of the molecule is Cc1cc(N2CCC(CN)C2)ccc1[N+](=O)[O-]. The van der Waals surface area contributed by atoms with Gasteiger partial charge in [-0.05, 0) is 37.9 Å². The number of nitrogens with zero attached hydrogens (tertiary/aromatic N) is 2. The molecule has 1 heterocycles. The molecule has 92 valence electrons. The number of nitro benzene ring substituents is 1. The summed E-state index contributed by atoms with van der Waals surface area (Å²) >= 11 is 0. The Morgan fingerprint density at radius 1 is 1.59 bits per heavy atom. The van der Waals surface area contributed by atoms with E-state index < -0.39 is 0 Å². The predicted molar refractivity (Wildman–Crippen MR) is 67.2 cm³/mol. The van der Waals surface area contributed by atoms with Gasteiger partial charge in [0.15, 0.2) is 0 Å².